The zero-order valence-electron chi connectivity index (χ0n) is 15.7. The van der Waals surface area contributed by atoms with Crippen molar-refractivity contribution < 1.29 is 14.0 Å². The minimum absolute atomic E-state index is 0.0623. The molecule has 29 heavy (non-hydrogen) atoms. The van der Waals surface area contributed by atoms with E-state index in [-0.39, 0.29) is 18.4 Å². The first-order chi connectivity index (χ1) is 14.1. The number of hydrogen-bond acceptors (Lipinski definition) is 6. The summed E-state index contributed by atoms with van der Waals surface area (Å²) in [5, 5.41) is 11.6. The first-order valence-corrected chi connectivity index (χ1v) is 10.3. The summed E-state index contributed by atoms with van der Waals surface area (Å²) in [5.74, 6) is 0.541. The van der Waals surface area contributed by atoms with Gasteiger partial charge in [0.2, 0.25) is 11.8 Å². The van der Waals surface area contributed by atoms with Gasteiger partial charge in [-0.05, 0) is 30.5 Å². The van der Waals surface area contributed by atoms with Crippen LogP contribution in [0, 0.1) is 0 Å². The summed E-state index contributed by atoms with van der Waals surface area (Å²) in [7, 11) is 0. The largest absolute Gasteiger partial charge is 0.461 e. The van der Waals surface area contributed by atoms with E-state index in [1.807, 2.05) is 30.3 Å². The van der Waals surface area contributed by atoms with E-state index < -0.39 is 11.2 Å². The van der Waals surface area contributed by atoms with Crippen LogP contribution in [0.2, 0.25) is 0 Å². The van der Waals surface area contributed by atoms with Crippen molar-refractivity contribution in [3.05, 3.63) is 54.3 Å². The smallest absolute Gasteiger partial charge is 0.238 e. The Bertz CT molecular complexity index is 983. The minimum Gasteiger partial charge on any atom is -0.461 e. The van der Waals surface area contributed by atoms with E-state index in [0.717, 1.165) is 18.4 Å². The molecule has 0 radical (unpaired) electrons. The van der Waals surface area contributed by atoms with Crippen LogP contribution in [0.25, 0.3) is 11.6 Å². The molecule has 0 bridgehead atoms. The number of nitrogens with two attached hydrogens (primary N) is 1. The third kappa shape index (κ3) is 4.68. The summed E-state index contributed by atoms with van der Waals surface area (Å²) in [4.78, 5) is 24.3. The second kappa shape index (κ2) is 8.52. The molecule has 2 amide bonds. The van der Waals surface area contributed by atoms with Gasteiger partial charge in [0.1, 0.15) is 5.25 Å². The van der Waals surface area contributed by atoms with Crippen LogP contribution in [0.1, 0.15) is 30.1 Å². The van der Waals surface area contributed by atoms with Crippen LogP contribution in [0.5, 0.6) is 0 Å². The van der Waals surface area contributed by atoms with Crippen LogP contribution < -0.4 is 11.1 Å². The van der Waals surface area contributed by atoms with E-state index in [0.29, 0.717) is 23.3 Å². The van der Waals surface area contributed by atoms with E-state index in [1.54, 1.807) is 23.0 Å². The van der Waals surface area contributed by atoms with Gasteiger partial charge in [0.25, 0.3) is 0 Å². The molecule has 8 nitrogen and oxygen atoms in total. The lowest BCUT2D eigenvalue weighted by Crippen LogP contribution is -2.30. The van der Waals surface area contributed by atoms with Crippen LogP contribution in [0.3, 0.4) is 0 Å². The first-order valence-electron chi connectivity index (χ1n) is 9.39. The second-order valence-electron chi connectivity index (χ2n) is 6.84. The number of aromatic nitrogens is 3. The Morgan fingerprint density at radius 3 is 2.66 bits per heavy atom. The number of primary amides is 1. The van der Waals surface area contributed by atoms with E-state index in [1.165, 1.54) is 11.8 Å². The molecule has 3 N–H and O–H groups in total. The van der Waals surface area contributed by atoms with Crippen LogP contribution in [-0.2, 0) is 16.1 Å². The predicted molar refractivity (Wildman–Crippen MR) is 108 cm³/mol. The van der Waals surface area contributed by atoms with Crippen LogP contribution >= 0.6 is 11.8 Å². The van der Waals surface area contributed by atoms with Gasteiger partial charge in [-0.15, -0.1) is 10.2 Å². The quantitative estimate of drug-likeness (QED) is 0.523. The molecule has 2 heterocycles. The molecule has 0 aliphatic heterocycles. The Labute approximate surface area is 171 Å². The molecule has 0 unspecified atom stereocenters. The standard InChI is InChI=1S/C20H21N5O3S/c21-16(26)10-11-25-18(15-7-4-12-28-15)23-24-20(25)29-17(13-5-2-1-3-6-13)19(27)22-14-8-9-14/h1-7,12,14,17H,8-11H2,(H2,21,26)(H,22,27)/t17-/m0/s1. The number of nitrogens with one attached hydrogen (secondary N) is 1. The number of nitrogens with zero attached hydrogens (tertiary/aromatic N) is 3. The van der Waals surface area contributed by atoms with Crippen molar-refractivity contribution >= 4 is 23.6 Å². The third-order valence-electron chi connectivity index (χ3n) is 4.53. The Morgan fingerprint density at radius 1 is 1.21 bits per heavy atom. The number of thioether (sulfide) groups is 1. The molecule has 1 aromatic carbocycles. The molecule has 4 rings (SSSR count). The Morgan fingerprint density at radius 2 is 2.00 bits per heavy atom. The molecule has 1 aliphatic carbocycles. The van der Waals surface area contributed by atoms with Gasteiger partial charge < -0.3 is 15.5 Å². The van der Waals surface area contributed by atoms with Gasteiger partial charge >= 0.3 is 0 Å². The van der Waals surface area contributed by atoms with Gasteiger partial charge in [0.05, 0.1) is 6.26 Å². The first kappa shape index (κ1) is 19.3. The van der Waals surface area contributed by atoms with Gasteiger partial charge in [-0.1, -0.05) is 42.1 Å². The maximum absolute atomic E-state index is 12.9. The topological polar surface area (TPSA) is 116 Å². The Balaban J connectivity index is 1.65. The zero-order valence-corrected chi connectivity index (χ0v) is 16.5. The number of carbonyl (C=O) groups is 2. The van der Waals surface area contributed by atoms with Crippen molar-refractivity contribution in [2.24, 2.45) is 5.73 Å². The highest BCUT2D eigenvalue weighted by molar-refractivity contribution is 8.00. The fraction of sp³-hybridized carbons (Fsp3) is 0.300. The average molecular weight is 411 g/mol. The van der Waals surface area contributed by atoms with E-state index in [2.05, 4.69) is 15.5 Å². The highest BCUT2D eigenvalue weighted by Crippen LogP contribution is 2.37. The van der Waals surface area contributed by atoms with Gasteiger partial charge in [0.15, 0.2) is 16.7 Å². The molecule has 9 heteroatoms. The van der Waals surface area contributed by atoms with Crippen LogP contribution in [0.4, 0.5) is 0 Å². The van der Waals surface area contributed by atoms with Crippen molar-refractivity contribution in [3.63, 3.8) is 0 Å². The highest BCUT2D eigenvalue weighted by atomic mass is 32.2. The second-order valence-corrected chi connectivity index (χ2v) is 7.92. The molecule has 0 saturated heterocycles. The summed E-state index contributed by atoms with van der Waals surface area (Å²) in [6.07, 6.45) is 3.69. The number of amides is 2. The molecule has 150 valence electrons. The normalized spacial score (nSPS) is 14.5. The Hall–Kier alpha value is -3.07. The number of carbonyl (C=O) groups excluding carboxylic acids is 2. The summed E-state index contributed by atoms with van der Waals surface area (Å²) in [6, 6.07) is 13.3. The minimum atomic E-state index is -0.488. The molecular formula is C20H21N5O3S. The van der Waals surface area contributed by atoms with Gasteiger partial charge in [-0.3, -0.25) is 14.2 Å². The van der Waals surface area contributed by atoms with Crippen molar-refractivity contribution in [1.29, 1.82) is 0 Å². The lowest BCUT2D eigenvalue weighted by molar-refractivity contribution is -0.121. The van der Waals surface area contributed by atoms with Crippen molar-refractivity contribution in [1.82, 2.24) is 20.1 Å². The summed E-state index contributed by atoms with van der Waals surface area (Å²) < 4.78 is 7.22. The average Bonchev–Trinajstić information content (AvgIpc) is 3.20. The molecule has 3 aromatic rings. The maximum Gasteiger partial charge on any atom is 0.238 e. The van der Waals surface area contributed by atoms with Crippen LogP contribution in [0.15, 0.2) is 58.3 Å². The fourth-order valence-electron chi connectivity index (χ4n) is 2.90. The molecule has 0 spiro atoms. The van der Waals surface area contributed by atoms with Gasteiger partial charge in [-0.2, -0.15) is 0 Å². The van der Waals surface area contributed by atoms with Gasteiger partial charge in [-0.25, -0.2) is 0 Å². The predicted octanol–water partition coefficient (Wildman–Crippen LogP) is 2.53. The van der Waals surface area contributed by atoms with E-state index >= 15 is 0 Å². The number of hydrogen-bond donors (Lipinski definition) is 2. The van der Waals surface area contributed by atoms with Crippen molar-refractivity contribution in [2.45, 2.75) is 42.3 Å². The number of furan rings is 1. The lowest BCUT2D eigenvalue weighted by atomic mass is 10.1. The van der Waals surface area contributed by atoms with Crippen molar-refractivity contribution in [3.8, 4) is 11.6 Å². The van der Waals surface area contributed by atoms with E-state index in [9.17, 15) is 9.59 Å². The van der Waals surface area contributed by atoms with Crippen molar-refractivity contribution in [2.75, 3.05) is 0 Å². The zero-order chi connectivity index (χ0) is 20.2. The molecule has 1 saturated carbocycles. The Kier molecular flexibility index (Phi) is 5.66. The molecule has 2 aromatic heterocycles. The fourth-order valence-corrected chi connectivity index (χ4v) is 3.97. The third-order valence-corrected chi connectivity index (χ3v) is 5.76. The molecule has 1 aliphatic rings. The number of rotatable bonds is 9. The molecule has 1 fully saturated rings. The van der Waals surface area contributed by atoms with E-state index in [4.69, 9.17) is 10.2 Å². The summed E-state index contributed by atoms with van der Waals surface area (Å²) in [6.45, 7) is 0.298. The number of benzene rings is 1. The van der Waals surface area contributed by atoms with Crippen LogP contribution in [-0.4, -0.2) is 32.6 Å². The molecular weight excluding hydrogens is 390 g/mol. The van der Waals surface area contributed by atoms with Gasteiger partial charge in [0, 0.05) is 19.0 Å². The lowest BCUT2D eigenvalue weighted by Gasteiger charge is -2.17. The monoisotopic (exact) mass is 411 g/mol. The summed E-state index contributed by atoms with van der Waals surface area (Å²) in [5.41, 5.74) is 6.22. The SMILES string of the molecule is NC(=O)CCn1c(S[C@H](C(=O)NC2CC2)c2ccccc2)nnc1-c1ccco1. The molecule has 1 atom stereocenters. The maximum atomic E-state index is 12.9. The highest BCUT2D eigenvalue weighted by Gasteiger charge is 2.31. The summed E-state index contributed by atoms with van der Waals surface area (Å²) >= 11 is 1.30.